The van der Waals surface area contributed by atoms with Crippen LogP contribution < -0.4 is 9.62 Å². The van der Waals surface area contributed by atoms with Crippen LogP contribution in [-0.2, 0) is 36.0 Å². The third-order valence-corrected chi connectivity index (χ3v) is 8.19. The Morgan fingerprint density at radius 2 is 1.73 bits per heavy atom. The van der Waals surface area contributed by atoms with E-state index < -0.39 is 10.0 Å². The van der Waals surface area contributed by atoms with Crippen molar-refractivity contribution in [2.45, 2.75) is 56.5 Å². The minimum atomic E-state index is -3.70. The molecule has 5 rings (SSSR count). The number of aromatic nitrogens is 3. The predicted molar refractivity (Wildman–Crippen MR) is 124 cm³/mol. The highest BCUT2D eigenvalue weighted by atomic mass is 32.2. The lowest BCUT2D eigenvalue weighted by Crippen LogP contribution is -2.35. The first-order chi connectivity index (χ1) is 16.0. The zero-order valence-electron chi connectivity index (χ0n) is 18.4. The molecule has 1 amide bonds. The van der Waals surface area contributed by atoms with Gasteiger partial charge in [0, 0.05) is 25.1 Å². The molecular weight excluding hydrogens is 438 g/mol. The Kier molecular flexibility index (Phi) is 5.88. The van der Waals surface area contributed by atoms with Crippen LogP contribution in [0.4, 0.5) is 5.69 Å². The summed E-state index contributed by atoms with van der Waals surface area (Å²) in [5.41, 5.74) is 2.18. The fourth-order valence-electron chi connectivity index (χ4n) is 4.59. The largest absolute Gasteiger partial charge is 0.345 e. The number of anilines is 1. The van der Waals surface area contributed by atoms with Gasteiger partial charge >= 0.3 is 0 Å². The number of sulfonamides is 1. The summed E-state index contributed by atoms with van der Waals surface area (Å²) in [5, 5.41) is 11.4. The molecule has 2 aliphatic rings. The molecule has 0 bridgehead atoms. The quantitative estimate of drug-likeness (QED) is 0.625. The number of carbonyl (C=O) groups excluding carboxylic acids is 1. The number of nitrogens with one attached hydrogen (secondary N) is 1. The van der Waals surface area contributed by atoms with Crippen LogP contribution in [0, 0.1) is 0 Å². The number of nitrogens with zero attached hydrogens (tertiary/aromatic N) is 4. The summed E-state index contributed by atoms with van der Waals surface area (Å²) in [6.45, 7) is 1.61. The van der Waals surface area contributed by atoms with E-state index >= 15 is 0 Å². The van der Waals surface area contributed by atoms with Gasteiger partial charge in [0.25, 0.3) is 15.9 Å². The van der Waals surface area contributed by atoms with Crippen LogP contribution in [-0.4, -0.2) is 35.6 Å². The average Bonchev–Trinajstić information content (AvgIpc) is 3.07. The first-order valence-electron chi connectivity index (χ1n) is 11.4. The summed E-state index contributed by atoms with van der Waals surface area (Å²) in [6, 6.07) is 13.7. The van der Waals surface area contributed by atoms with Gasteiger partial charge < -0.3 is 9.88 Å². The fourth-order valence-corrected chi connectivity index (χ4v) is 6.13. The second-order valence-corrected chi connectivity index (χ2v) is 10.4. The maximum Gasteiger partial charge on any atom is 0.264 e. The second-order valence-electron chi connectivity index (χ2n) is 8.51. The summed E-state index contributed by atoms with van der Waals surface area (Å²) in [7, 11) is -3.70. The molecule has 8 nitrogen and oxygen atoms in total. The Bertz CT molecular complexity index is 1270. The minimum Gasteiger partial charge on any atom is -0.345 e. The highest BCUT2D eigenvalue weighted by Crippen LogP contribution is 2.31. The summed E-state index contributed by atoms with van der Waals surface area (Å²) >= 11 is 0. The molecule has 2 aromatic carbocycles. The zero-order valence-corrected chi connectivity index (χ0v) is 19.2. The normalized spacial score (nSPS) is 15.9. The molecule has 0 fully saturated rings. The number of carbonyl (C=O) groups is 1. The Morgan fingerprint density at radius 1 is 0.909 bits per heavy atom. The third kappa shape index (κ3) is 4.25. The molecule has 3 aromatic rings. The molecule has 0 aliphatic carbocycles. The lowest BCUT2D eigenvalue weighted by atomic mass is 10.0. The third-order valence-electron chi connectivity index (χ3n) is 6.37. The van der Waals surface area contributed by atoms with E-state index in [9.17, 15) is 13.2 Å². The summed E-state index contributed by atoms with van der Waals surface area (Å²) < 4.78 is 30.1. The van der Waals surface area contributed by atoms with Crippen molar-refractivity contribution >= 4 is 21.6 Å². The summed E-state index contributed by atoms with van der Waals surface area (Å²) in [5.74, 6) is 1.46. The maximum atomic E-state index is 13.3. The molecule has 2 aliphatic heterocycles. The van der Waals surface area contributed by atoms with Crippen molar-refractivity contribution in [1.82, 2.24) is 20.1 Å². The van der Waals surface area contributed by atoms with Gasteiger partial charge in [-0.2, -0.15) is 0 Å². The molecule has 1 aromatic heterocycles. The van der Waals surface area contributed by atoms with E-state index in [0.717, 1.165) is 61.5 Å². The van der Waals surface area contributed by atoms with Gasteiger partial charge in [0.15, 0.2) is 5.82 Å². The number of fused-ring (bicyclic) bond motifs is 2. The summed E-state index contributed by atoms with van der Waals surface area (Å²) in [4.78, 5) is 12.9. The topological polar surface area (TPSA) is 97.2 Å². The Hall–Kier alpha value is -3.20. The molecule has 3 heterocycles. The molecule has 33 heavy (non-hydrogen) atoms. The number of rotatable bonds is 5. The smallest absolute Gasteiger partial charge is 0.264 e. The molecule has 0 spiro atoms. The van der Waals surface area contributed by atoms with Crippen LogP contribution in [0.3, 0.4) is 0 Å². The van der Waals surface area contributed by atoms with Crippen LogP contribution in [0.2, 0.25) is 0 Å². The van der Waals surface area contributed by atoms with E-state index in [-0.39, 0.29) is 17.3 Å². The minimum absolute atomic E-state index is 0.179. The van der Waals surface area contributed by atoms with Crippen molar-refractivity contribution in [2.24, 2.45) is 0 Å². The number of benzene rings is 2. The molecule has 0 unspecified atom stereocenters. The number of aryl methyl sites for hydroxylation is 2. The molecule has 9 heteroatoms. The number of amides is 1. The fraction of sp³-hybridized carbons (Fsp3) is 0.375. The van der Waals surface area contributed by atoms with E-state index in [0.29, 0.717) is 12.1 Å². The standard InChI is InChI=1S/C24H27N5O3S/c30-24(25-17-23-27-26-22-10-2-1-5-15-28(22)23)19-11-13-20(14-12-19)33(31,32)29-16-6-8-18-7-3-4-9-21(18)29/h3-4,7,9,11-14H,1-2,5-6,8,10,15-17H2,(H,25,30). The van der Waals surface area contributed by atoms with Crippen molar-refractivity contribution < 1.29 is 13.2 Å². The number of hydrogen-bond acceptors (Lipinski definition) is 5. The van der Waals surface area contributed by atoms with Crippen LogP contribution in [0.15, 0.2) is 53.4 Å². The van der Waals surface area contributed by atoms with E-state index in [1.807, 2.05) is 24.3 Å². The second kappa shape index (κ2) is 8.97. The van der Waals surface area contributed by atoms with Gasteiger partial charge in [-0.3, -0.25) is 9.10 Å². The van der Waals surface area contributed by atoms with Crippen LogP contribution in [0.5, 0.6) is 0 Å². The summed E-state index contributed by atoms with van der Waals surface area (Å²) in [6.07, 6.45) is 5.94. The van der Waals surface area contributed by atoms with Gasteiger partial charge in [0.1, 0.15) is 5.82 Å². The monoisotopic (exact) mass is 465 g/mol. The number of para-hydroxylation sites is 1. The zero-order chi connectivity index (χ0) is 22.8. The van der Waals surface area contributed by atoms with Crippen molar-refractivity contribution in [1.29, 1.82) is 0 Å². The molecule has 0 saturated carbocycles. The Labute approximate surface area is 193 Å². The van der Waals surface area contributed by atoms with E-state index in [1.54, 1.807) is 12.1 Å². The number of hydrogen-bond donors (Lipinski definition) is 1. The lowest BCUT2D eigenvalue weighted by Gasteiger charge is -2.30. The SMILES string of the molecule is O=C(NCc1nnc2n1CCCCC2)c1ccc(S(=O)(=O)N2CCCc3ccccc32)cc1. The Morgan fingerprint density at radius 3 is 2.58 bits per heavy atom. The van der Waals surface area contributed by atoms with Crippen molar-refractivity contribution in [3.8, 4) is 0 Å². The maximum absolute atomic E-state index is 13.3. The highest BCUT2D eigenvalue weighted by Gasteiger charge is 2.29. The molecule has 0 saturated heterocycles. The highest BCUT2D eigenvalue weighted by molar-refractivity contribution is 7.92. The molecule has 1 N–H and O–H groups in total. The van der Waals surface area contributed by atoms with Gasteiger partial charge in [0.05, 0.1) is 17.1 Å². The van der Waals surface area contributed by atoms with Crippen LogP contribution in [0.1, 0.15) is 53.3 Å². The van der Waals surface area contributed by atoms with E-state index in [1.165, 1.54) is 22.9 Å². The first-order valence-corrected chi connectivity index (χ1v) is 12.9. The molecule has 172 valence electrons. The van der Waals surface area contributed by atoms with Crippen LogP contribution in [0.25, 0.3) is 0 Å². The van der Waals surface area contributed by atoms with Crippen molar-refractivity contribution in [3.05, 3.63) is 71.3 Å². The Balaban J connectivity index is 1.29. The van der Waals surface area contributed by atoms with E-state index in [2.05, 4.69) is 20.1 Å². The van der Waals surface area contributed by atoms with Crippen LogP contribution >= 0.6 is 0 Å². The van der Waals surface area contributed by atoms with Gasteiger partial charge in [0.2, 0.25) is 0 Å². The molecular formula is C24H27N5O3S. The predicted octanol–water partition coefficient (Wildman–Crippen LogP) is 3.08. The van der Waals surface area contributed by atoms with Gasteiger partial charge in [-0.25, -0.2) is 8.42 Å². The molecule has 0 radical (unpaired) electrons. The van der Waals surface area contributed by atoms with Crippen molar-refractivity contribution in [2.75, 3.05) is 10.8 Å². The van der Waals surface area contributed by atoms with Gasteiger partial charge in [-0.05, 0) is 61.6 Å². The molecule has 0 atom stereocenters. The van der Waals surface area contributed by atoms with Crippen molar-refractivity contribution in [3.63, 3.8) is 0 Å². The average molecular weight is 466 g/mol. The van der Waals surface area contributed by atoms with Gasteiger partial charge in [-0.15, -0.1) is 10.2 Å². The van der Waals surface area contributed by atoms with E-state index in [4.69, 9.17) is 0 Å². The lowest BCUT2D eigenvalue weighted by molar-refractivity contribution is 0.0949. The first kappa shape index (κ1) is 21.6. The van der Waals surface area contributed by atoms with Gasteiger partial charge in [-0.1, -0.05) is 24.6 Å².